The highest BCUT2D eigenvalue weighted by atomic mass is 35.5. The molecule has 0 heterocycles. The molecule has 0 aliphatic rings. The van der Waals surface area contributed by atoms with E-state index in [2.05, 4.69) is 10.6 Å². The zero-order chi connectivity index (χ0) is 15.8. The Hall–Kier alpha value is -1.63. The fourth-order valence-electron chi connectivity index (χ4n) is 1.64. The Morgan fingerprint density at radius 3 is 2.81 bits per heavy atom. The minimum atomic E-state index is -0.728. The second-order valence-electron chi connectivity index (χ2n) is 4.56. The molecule has 0 aliphatic heterocycles. The van der Waals surface area contributed by atoms with Crippen molar-refractivity contribution in [3.8, 4) is 0 Å². The second kappa shape index (κ2) is 8.61. The number of ether oxygens (including phenoxy) is 1. The normalized spacial score (nSPS) is 11.8. The third kappa shape index (κ3) is 5.71. The van der Waals surface area contributed by atoms with Gasteiger partial charge in [0.1, 0.15) is 6.04 Å². The number of hydrogen-bond donors (Lipinski definition) is 3. The van der Waals surface area contributed by atoms with Crippen LogP contribution in [-0.4, -0.2) is 38.1 Å². The molecule has 7 heteroatoms. The maximum absolute atomic E-state index is 11.8. The van der Waals surface area contributed by atoms with E-state index in [1.54, 1.807) is 18.2 Å². The minimum absolute atomic E-state index is 0.139. The van der Waals surface area contributed by atoms with Crippen LogP contribution in [0.2, 0.25) is 5.02 Å². The maximum atomic E-state index is 11.8. The second-order valence-corrected chi connectivity index (χ2v) is 4.97. The van der Waals surface area contributed by atoms with Crippen LogP contribution in [0.25, 0.3) is 0 Å². The summed E-state index contributed by atoms with van der Waals surface area (Å²) >= 11 is 5.97. The van der Waals surface area contributed by atoms with Crippen LogP contribution < -0.4 is 16.4 Å². The summed E-state index contributed by atoms with van der Waals surface area (Å²) in [6.07, 6.45) is 0.150. The van der Waals surface area contributed by atoms with Crippen molar-refractivity contribution in [1.82, 2.24) is 5.32 Å². The molecule has 2 amide bonds. The lowest BCUT2D eigenvalue weighted by Gasteiger charge is -2.12. The van der Waals surface area contributed by atoms with Gasteiger partial charge in [-0.05, 0) is 24.6 Å². The number of hydrogen-bond acceptors (Lipinski definition) is 4. The van der Waals surface area contributed by atoms with Crippen molar-refractivity contribution < 1.29 is 14.3 Å². The molecule has 0 aliphatic carbocycles. The van der Waals surface area contributed by atoms with Crippen LogP contribution in [0, 0.1) is 6.92 Å². The predicted octanol–water partition coefficient (Wildman–Crippen LogP) is 1.07. The summed E-state index contributed by atoms with van der Waals surface area (Å²) in [6, 6.07) is 4.56. The van der Waals surface area contributed by atoms with E-state index in [9.17, 15) is 9.59 Å². The molecule has 0 bridgehead atoms. The average Bonchev–Trinajstić information content (AvgIpc) is 2.44. The van der Waals surface area contributed by atoms with Crippen molar-refractivity contribution in [3.05, 3.63) is 28.8 Å². The lowest BCUT2D eigenvalue weighted by molar-refractivity contribution is -0.123. The molecule has 1 aromatic rings. The Morgan fingerprint density at radius 1 is 1.43 bits per heavy atom. The monoisotopic (exact) mass is 313 g/mol. The molecule has 116 valence electrons. The molecule has 21 heavy (non-hydrogen) atoms. The summed E-state index contributed by atoms with van der Waals surface area (Å²) in [5.41, 5.74) is 7.02. The number of carbonyl (C=O) groups excluding carboxylic acids is 2. The molecule has 6 nitrogen and oxygen atoms in total. The number of rotatable bonds is 7. The van der Waals surface area contributed by atoms with Gasteiger partial charge in [-0.25, -0.2) is 0 Å². The van der Waals surface area contributed by atoms with Gasteiger partial charge < -0.3 is 21.1 Å². The molecule has 1 atom stereocenters. The molecule has 0 saturated carbocycles. The summed E-state index contributed by atoms with van der Waals surface area (Å²) < 4.78 is 4.78. The molecule has 1 unspecified atom stereocenters. The first-order valence-electron chi connectivity index (χ1n) is 6.53. The van der Waals surface area contributed by atoms with Crippen LogP contribution in [0.4, 0.5) is 5.69 Å². The maximum Gasteiger partial charge on any atom is 0.239 e. The lowest BCUT2D eigenvalue weighted by Crippen LogP contribution is -2.44. The quantitative estimate of drug-likeness (QED) is 0.702. The van der Waals surface area contributed by atoms with Gasteiger partial charge in [0.05, 0.1) is 6.61 Å². The Morgan fingerprint density at radius 2 is 2.14 bits per heavy atom. The molecular formula is C14H20ClN3O3. The topological polar surface area (TPSA) is 93.4 Å². The standard InChI is InChI=1S/C14H20ClN3O3/c1-9-10(15)4-3-5-12(9)18-13(19)6-7-17-14(20)11(16)8-21-2/h3-5,11H,6-8,16H2,1-2H3,(H,17,20)(H,18,19). The van der Waals surface area contributed by atoms with Gasteiger partial charge in [-0.2, -0.15) is 0 Å². The molecule has 0 saturated heterocycles. The van der Waals surface area contributed by atoms with Gasteiger partial charge in [0.2, 0.25) is 11.8 Å². The van der Waals surface area contributed by atoms with Crippen molar-refractivity contribution >= 4 is 29.1 Å². The van der Waals surface area contributed by atoms with Gasteiger partial charge >= 0.3 is 0 Å². The zero-order valence-corrected chi connectivity index (χ0v) is 12.9. The van der Waals surface area contributed by atoms with Crippen LogP contribution in [-0.2, 0) is 14.3 Å². The Kier molecular flexibility index (Phi) is 7.14. The van der Waals surface area contributed by atoms with Crippen LogP contribution in [0.15, 0.2) is 18.2 Å². The molecule has 0 spiro atoms. The van der Waals surface area contributed by atoms with E-state index in [-0.39, 0.29) is 31.4 Å². The van der Waals surface area contributed by atoms with E-state index in [4.69, 9.17) is 22.1 Å². The van der Waals surface area contributed by atoms with Crippen LogP contribution in [0.3, 0.4) is 0 Å². The summed E-state index contributed by atoms with van der Waals surface area (Å²) in [5, 5.41) is 5.92. The molecule has 1 rings (SSSR count). The number of methoxy groups -OCH3 is 1. The molecule has 0 aromatic heterocycles. The van der Waals surface area contributed by atoms with E-state index in [0.717, 1.165) is 5.56 Å². The number of amides is 2. The van der Waals surface area contributed by atoms with Gasteiger partial charge in [0.15, 0.2) is 0 Å². The summed E-state index contributed by atoms with van der Waals surface area (Å²) in [6.45, 7) is 2.17. The van der Waals surface area contributed by atoms with Crippen molar-refractivity contribution in [3.63, 3.8) is 0 Å². The number of nitrogens with one attached hydrogen (secondary N) is 2. The Bertz CT molecular complexity index is 508. The van der Waals surface area contributed by atoms with Crippen molar-refractivity contribution in [2.45, 2.75) is 19.4 Å². The Labute approximate surface area is 129 Å². The van der Waals surface area contributed by atoms with E-state index in [1.807, 2.05) is 6.92 Å². The van der Waals surface area contributed by atoms with Crippen LogP contribution in [0.1, 0.15) is 12.0 Å². The number of carbonyl (C=O) groups is 2. The van der Waals surface area contributed by atoms with Gasteiger partial charge in [0, 0.05) is 30.8 Å². The largest absolute Gasteiger partial charge is 0.383 e. The molecule has 4 N–H and O–H groups in total. The first-order valence-corrected chi connectivity index (χ1v) is 6.90. The van der Waals surface area contributed by atoms with Crippen molar-refractivity contribution in [1.29, 1.82) is 0 Å². The van der Waals surface area contributed by atoms with Crippen molar-refractivity contribution in [2.24, 2.45) is 5.73 Å². The molecule has 0 radical (unpaired) electrons. The fraction of sp³-hybridized carbons (Fsp3) is 0.429. The number of nitrogens with two attached hydrogens (primary N) is 1. The summed E-state index contributed by atoms with van der Waals surface area (Å²) in [7, 11) is 1.47. The number of anilines is 1. The van der Waals surface area contributed by atoms with Gasteiger partial charge in [0.25, 0.3) is 0 Å². The highest BCUT2D eigenvalue weighted by Gasteiger charge is 2.13. The van der Waals surface area contributed by atoms with Gasteiger partial charge in [-0.15, -0.1) is 0 Å². The van der Waals surface area contributed by atoms with E-state index in [1.165, 1.54) is 7.11 Å². The van der Waals surface area contributed by atoms with Crippen LogP contribution in [0.5, 0.6) is 0 Å². The molecular weight excluding hydrogens is 294 g/mol. The highest BCUT2D eigenvalue weighted by Crippen LogP contribution is 2.22. The van der Waals surface area contributed by atoms with E-state index < -0.39 is 6.04 Å². The average molecular weight is 314 g/mol. The first kappa shape index (κ1) is 17.4. The molecule has 0 fully saturated rings. The smallest absolute Gasteiger partial charge is 0.239 e. The van der Waals surface area contributed by atoms with Crippen molar-refractivity contribution in [2.75, 3.05) is 25.6 Å². The van der Waals surface area contributed by atoms with Crippen LogP contribution >= 0.6 is 11.6 Å². The predicted molar refractivity (Wildman–Crippen MR) is 82.3 cm³/mol. The molecule has 1 aromatic carbocycles. The third-order valence-electron chi connectivity index (χ3n) is 2.88. The summed E-state index contributed by atoms with van der Waals surface area (Å²) in [4.78, 5) is 23.3. The van der Waals surface area contributed by atoms with Gasteiger partial charge in [-0.1, -0.05) is 17.7 Å². The zero-order valence-electron chi connectivity index (χ0n) is 12.1. The highest BCUT2D eigenvalue weighted by molar-refractivity contribution is 6.31. The van der Waals surface area contributed by atoms with Gasteiger partial charge in [-0.3, -0.25) is 9.59 Å². The number of halogens is 1. The minimum Gasteiger partial charge on any atom is -0.383 e. The first-order chi connectivity index (χ1) is 9.95. The Balaban J connectivity index is 2.38. The fourth-order valence-corrected chi connectivity index (χ4v) is 1.82. The van der Waals surface area contributed by atoms with E-state index >= 15 is 0 Å². The third-order valence-corrected chi connectivity index (χ3v) is 3.29. The summed E-state index contributed by atoms with van der Waals surface area (Å²) in [5.74, 6) is -0.551. The SMILES string of the molecule is COCC(N)C(=O)NCCC(=O)Nc1cccc(Cl)c1C. The number of benzene rings is 1. The lowest BCUT2D eigenvalue weighted by atomic mass is 10.2. The van der Waals surface area contributed by atoms with E-state index in [0.29, 0.717) is 10.7 Å².